The zero-order valence-corrected chi connectivity index (χ0v) is 17.1. The van der Waals surface area contributed by atoms with Gasteiger partial charge in [0.25, 0.3) is 11.8 Å². The van der Waals surface area contributed by atoms with Crippen molar-refractivity contribution in [1.29, 1.82) is 0 Å². The van der Waals surface area contributed by atoms with Crippen molar-refractivity contribution in [2.75, 3.05) is 13.1 Å². The van der Waals surface area contributed by atoms with Gasteiger partial charge in [-0.25, -0.2) is 0 Å². The van der Waals surface area contributed by atoms with Gasteiger partial charge in [0, 0.05) is 36.9 Å². The molecule has 0 spiro atoms. The van der Waals surface area contributed by atoms with Crippen LogP contribution in [0.1, 0.15) is 82.3 Å². The van der Waals surface area contributed by atoms with Crippen LogP contribution in [0.2, 0.25) is 0 Å². The van der Waals surface area contributed by atoms with E-state index in [4.69, 9.17) is 4.52 Å². The normalized spacial score (nSPS) is 18.2. The Hall–Kier alpha value is -2.70. The summed E-state index contributed by atoms with van der Waals surface area (Å²) in [7, 11) is 0. The van der Waals surface area contributed by atoms with Crippen LogP contribution in [0.3, 0.4) is 0 Å². The van der Waals surface area contributed by atoms with E-state index in [0.717, 1.165) is 31.4 Å². The van der Waals surface area contributed by atoms with Crippen molar-refractivity contribution in [3.8, 4) is 0 Å². The second-order valence-corrected chi connectivity index (χ2v) is 8.19. The summed E-state index contributed by atoms with van der Waals surface area (Å²) in [5, 5.41) is 6.98. The van der Waals surface area contributed by atoms with E-state index in [9.17, 15) is 9.59 Å². The number of carbonyl (C=O) groups is 2. The number of amides is 2. The maximum absolute atomic E-state index is 12.8. The third kappa shape index (κ3) is 4.18. The highest BCUT2D eigenvalue weighted by Gasteiger charge is 2.28. The Morgan fingerprint density at radius 2 is 1.83 bits per heavy atom. The van der Waals surface area contributed by atoms with E-state index in [2.05, 4.69) is 15.5 Å². The first-order chi connectivity index (χ1) is 14.0. The van der Waals surface area contributed by atoms with E-state index in [-0.39, 0.29) is 11.8 Å². The van der Waals surface area contributed by atoms with Gasteiger partial charge in [0.1, 0.15) is 11.3 Å². The molecule has 2 aromatic heterocycles. The predicted octanol–water partition coefficient (Wildman–Crippen LogP) is 3.38. The number of pyridine rings is 1. The number of rotatable bonds is 4. The molecular weight excluding hydrogens is 368 g/mol. The van der Waals surface area contributed by atoms with Crippen LogP contribution >= 0.6 is 0 Å². The van der Waals surface area contributed by atoms with E-state index in [1.54, 1.807) is 20.0 Å². The van der Waals surface area contributed by atoms with Gasteiger partial charge < -0.3 is 14.7 Å². The molecule has 0 radical (unpaired) electrons. The molecule has 1 N–H and O–H groups in total. The third-order valence-electron chi connectivity index (χ3n) is 6.19. The van der Waals surface area contributed by atoms with Gasteiger partial charge in [-0.05, 0) is 51.7 Å². The number of hydrogen-bond acceptors (Lipinski definition) is 5. The van der Waals surface area contributed by atoms with E-state index >= 15 is 0 Å². The number of aromatic nitrogens is 2. The average molecular weight is 396 g/mol. The summed E-state index contributed by atoms with van der Waals surface area (Å²) in [5.41, 5.74) is 2.83. The highest BCUT2D eigenvalue weighted by atomic mass is 16.5. The second kappa shape index (κ2) is 8.35. The molecule has 4 rings (SSSR count). The fourth-order valence-corrected chi connectivity index (χ4v) is 4.44. The molecule has 2 amide bonds. The molecule has 3 heterocycles. The molecule has 2 fully saturated rings. The highest BCUT2D eigenvalue weighted by Crippen LogP contribution is 2.28. The molecule has 7 nitrogen and oxygen atoms in total. The maximum atomic E-state index is 12.8. The summed E-state index contributed by atoms with van der Waals surface area (Å²) >= 11 is 0. The van der Waals surface area contributed by atoms with Crippen molar-refractivity contribution < 1.29 is 14.1 Å². The second-order valence-electron chi connectivity index (χ2n) is 8.19. The van der Waals surface area contributed by atoms with Crippen LogP contribution in [0, 0.1) is 13.8 Å². The van der Waals surface area contributed by atoms with Gasteiger partial charge in [-0.2, -0.15) is 0 Å². The summed E-state index contributed by atoms with van der Waals surface area (Å²) < 4.78 is 5.13. The molecule has 2 aromatic rings. The molecular formula is C22H28N4O3. The minimum absolute atomic E-state index is 0.00779. The Morgan fingerprint density at radius 1 is 1.10 bits per heavy atom. The number of carbonyl (C=O) groups excluding carboxylic acids is 2. The van der Waals surface area contributed by atoms with E-state index in [1.807, 2.05) is 17.0 Å². The lowest BCUT2D eigenvalue weighted by molar-refractivity contribution is 0.0709. The van der Waals surface area contributed by atoms with E-state index in [0.29, 0.717) is 47.6 Å². The first kappa shape index (κ1) is 19.6. The SMILES string of the molecule is Cc1noc(C)c1C(=O)N1CCC(c2ccc(C(=O)NC3CCCC3)cn2)CC1. The van der Waals surface area contributed by atoms with Crippen molar-refractivity contribution in [3.63, 3.8) is 0 Å². The highest BCUT2D eigenvalue weighted by molar-refractivity contribution is 5.96. The van der Waals surface area contributed by atoms with Gasteiger partial charge in [0.05, 0.1) is 11.3 Å². The smallest absolute Gasteiger partial charge is 0.259 e. The van der Waals surface area contributed by atoms with Crippen molar-refractivity contribution >= 4 is 11.8 Å². The zero-order valence-electron chi connectivity index (χ0n) is 17.1. The molecule has 0 unspecified atom stereocenters. The van der Waals surface area contributed by atoms with Gasteiger partial charge in [-0.15, -0.1) is 0 Å². The molecule has 1 aliphatic carbocycles. The molecule has 0 aromatic carbocycles. The summed E-state index contributed by atoms with van der Waals surface area (Å²) in [6, 6.07) is 4.13. The van der Waals surface area contributed by atoms with Crippen LogP contribution < -0.4 is 5.32 Å². The number of piperidine rings is 1. The van der Waals surface area contributed by atoms with Gasteiger partial charge >= 0.3 is 0 Å². The summed E-state index contributed by atoms with van der Waals surface area (Å²) in [5.74, 6) is 0.834. The van der Waals surface area contributed by atoms with Crippen LogP contribution in [0.15, 0.2) is 22.9 Å². The lowest BCUT2D eigenvalue weighted by atomic mass is 9.92. The van der Waals surface area contributed by atoms with Crippen molar-refractivity contribution in [3.05, 3.63) is 46.6 Å². The summed E-state index contributed by atoms with van der Waals surface area (Å²) in [4.78, 5) is 31.6. The van der Waals surface area contributed by atoms with Gasteiger partial charge in [-0.3, -0.25) is 14.6 Å². The van der Waals surface area contributed by atoms with Crippen LogP contribution in [0.25, 0.3) is 0 Å². The van der Waals surface area contributed by atoms with E-state index in [1.165, 1.54) is 12.8 Å². The minimum atomic E-state index is -0.0316. The third-order valence-corrected chi connectivity index (χ3v) is 6.19. The zero-order chi connectivity index (χ0) is 20.4. The lowest BCUT2D eigenvalue weighted by Gasteiger charge is -2.31. The quantitative estimate of drug-likeness (QED) is 0.856. The van der Waals surface area contributed by atoms with Gasteiger partial charge in [0.2, 0.25) is 0 Å². The maximum Gasteiger partial charge on any atom is 0.259 e. The largest absolute Gasteiger partial charge is 0.361 e. The average Bonchev–Trinajstić information content (AvgIpc) is 3.37. The summed E-state index contributed by atoms with van der Waals surface area (Å²) in [6.07, 6.45) is 7.93. The molecule has 1 saturated heterocycles. The lowest BCUT2D eigenvalue weighted by Crippen LogP contribution is -2.38. The first-order valence-electron chi connectivity index (χ1n) is 10.5. The Bertz CT molecular complexity index is 856. The van der Waals surface area contributed by atoms with E-state index < -0.39 is 0 Å². The number of nitrogens with zero attached hydrogens (tertiary/aromatic N) is 3. The molecule has 7 heteroatoms. The Balaban J connectivity index is 1.34. The molecule has 1 aliphatic heterocycles. The van der Waals surface area contributed by atoms with Crippen LogP contribution in [0.4, 0.5) is 0 Å². The van der Waals surface area contributed by atoms with Gasteiger partial charge in [0.15, 0.2) is 0 Å². The molecule has 0 atom stereocenters. The molecule has 1 saturated carbocycles. The number of hydrogen-bond donors (Lipinski definition) is 1. The molecule has 154 valence electrons. The number of aryl methyl sites for hydroxylation is 2. The van der Waals surface area contributed by atoms with Crippen LogP contribution in [0.5, 0.6) is 0 Å². The van der Waals surface area contributed by atoms with Crippen molar-refractivity contribution in [2.24, 2.45) is 0 Å². The Kier molecular flexibility index (Phi) is 5.65. The molecule has 29 heavy (non-hydrogen) atoms. The monoisotopic (exact) mass is 396 g/mol. The van der Waals surface area contributed by atoms with Crippen LogP contribution in [-0.4, -0.2) is 46.0 Å². The minimum Gasteiger partial charge on any atom is -0.361 e. The first-order valence-corrected chi connectivity index (χ1v) is 10.5. The fourth-order valence-electron chi connectivity index (χ4n) is 4.44. The van der Waals surface area contributed by atoms with Crippen molar-refractivity contribution in [2.45, 2.75) is 64.3 Å². The molecule has 2 aliphatic rings. The molecule has 0 bridgehead atoms. The Morgan fingerprint density at radius 3 is 2.41 bits per heavy atom. The number of likely N-dealkylation sites (tertiary alicyclic amines) is 1. The summed E-state index contributed by atoms with van der Waals surface area (Å²) in [6.45, 7) is 4.93. The van der Waals surface area contributed by atoms with Gasteiger partial charge in [-0.1, -0.05) is 18.0 Å². The number of nitrogens with one attached hydrogen (secondary N) is 1. The standard InChI is InChI=1S/C22H28N4O3/c1-14-20(15(2)29-25-14)22(28)26-11-9-16(10-12-26)19-8-7-17(13-23-19)21(27)24-18-5-3-4-6-18/h7-8,13,16,18H,3-6,9-12H2,1-2H3,(H,24,27). The topological polar surface area (TPSA) is 88.3 Å². The fraction of sp³-hybridized carbons (Fsp3) is 0.545. The predicted molar refractivity (Wildman–Crippen MR) is 108 cm³/mol. The Labute approximate surface area is 170 Å². The van der Waals surface area contributed by atoms with Crippen molar-refractivity contribution in [1.82, 2.24) is 20.4 Å². The van der Waals surface area contributed by atoms with Crippen LogP contribution in [-0.2, 0) is 0 Å².